The second-order valence-corrected chi connectivity index (χ2v) is 8.54. The Hall–Kier alpha value is -4.31. The molecule has 1 fully saturated rings. The van der Waals surface area contributed by atoms with E-state index in [-0.39, 0.29) is 23.6 Å². The standard InChI is InChI=1S/C25H25N5O5/c1-16-20(15-26-29(16)18-9-5-4-6-10-18)23(31)21-22(17-8-7-11-19(14-17)30(34)35)28(13-12-27(2)3)25(33)24(21)32/h4-11,14-15,22,31H,12-13H2,1-3H3/b23-21+/t22-/m1/s1. The summed E-state index contributed by atoms with van der Waals surface area (Å²) in [7, 11) is 3.67. The molecule has 0 saturated carbocycles. The van der Waals surface area contributed by atoms with Crippen molar-refractivity contribution >= 4 is 23.1 Å². The first-order valence-electron chi connectivity index (χ1n) is 11.0. The molecular formula is C25H25N5O5. The van der Waals surface area contributed by atoms with Crippen LogP contribution in [0.4, 0.5) is 5.69 Å². The van der Waals surface area contributed by atoms with Crippen LogP contribution in [0.3, 0.4) is 0 Å². The number of hydrogen-bond acceptors (Lipinski definition) is 7. The lowest BCUT2D eigenvalue weighted by molar-refractivity contribution is -0.384. The van der Waals surface area contributed by atoms with Crippen molar-refractivity contribution < 1.29 is 19.6 Å². The van der Waals surface area contributed by atoms with Gasteiger partial charge in [-0.25, -0.2) is 4.68 Å². The maximum Gasteiger partial charge on any atom is 0.295 e. The lowest BCUT2D eigenvalue weighted by Crippen LogP contribution is -2.35. The Morgan fingerprint density at radius 1 is 1.14 bits per heavy atom. The van der Waals surface area contributed by atoms with Gasteiger partial charge in [-0.1, -0.05) is 30.3 Å². The second-order valence-electron chi connectivity index (χ2n) is 8.54. The number of hydrogen-bond donors (Lipinski definition) is 1. The second kappa shape index (κ2) is 9.51. The highest BCUT2D eigenvalue weighted by Gasteiger charge is 2.46. The number of aromatic nitrogens is 2. The number of para-hydroxylation sites is 1. The molecule has 10 nitrogen and oxygen atoms in total. The molecule has 10 heteroatoms. The van der Waals surface area contributed by atoms with Crippen molar-refractivity contribution in [3.63, 3.8) is 0 Å². The predicted molar refractivity (Wildman–Crippen MR) is 129 cm³/mol. The summed E-state index contributed by atoms with van der Waals surface area (Å²) in [5.41, 5.74) is 1.72. The molecule has 4 rings (SSSR count). The number of rotatable bonds is 7. The van der Waals surface area contributed by atoms with Gasteiger partial charge in [0.05, 0.1) is 39.7 Å². The first-order chi connectivity index (χ1) is 16.7. The Bertz CT molecular complexity index is 1330. The average molecular weight is 476 g/mol. The number of ketones is 1. The molecule has 1 atom stereocenters. The molecule has 1 N–H and O–H groups in total. The van der Waals surface area contributed by atoms with Gasteiger partial charge in [-0.2, -0.15) is 5.10 Å². The van der Waals surface area contributed by atoms with Crippen molar-refractivity contribution in [1.82, 2.24) is 19.6 Å². The number of aliphatic hydroxyl groups excluding tert-OH is 1. The summed E-state index contributed by atoms with van der Waals surface area (Å²) in [5, 5.41) is 27.1. The SMILES string of the molecule is Cc1c(/C(O)=C2\C(=O)C(=O)N(CCN(C)C)[C@@H]2c2cccc([N+](=O)[O-])c2)cnn1-c1ccccc1. The van der Waals surface area contributed by atoms with Crippen LogP contribution in [0.25, 0.3) is 11.4 Å². The number of aliphatic hydroxyl groups is 1. The van der Waals surface area contributed by atoms with Gasteiger partial charge >= 0.3 is 0 Å². The number of nitrogens with zero attached hydrogens (tertiary/aromatic N) is 5. The summed E-state index contributed by atoms with van der Waals surface area (Å²) in [5.74, 6) is -1.98. The molecule has 1 aromatic heterocycles. The van der Waals surface area contributed by atoms with E-state index in [1.165, 1.54) is 29.3 Å². The molecule has 180 valence electrons. The van der Waals surface area contributed by atoms with Gasteiger partial charge in [0, 0.05) is 25.2 Å². The minimum Gasteiger partial charge on any atom is -0.507 e. The molecule has 1 aliphatic rings. The number of carbonyl (C=O) groups excluding carboxylic acids is 2. The number of nitro benzene ring substituents is 1. The van der Waals surface area contributed by atoms with Crippen molar-refractivity contribution in [1.29, 1.82) is 0 Å². The fraction of sp³-hybridized carbons (Fsp3) is 0.240. The average Bonchev–Trinajstić information content (AvgIpc) is 3.35. The van der Waals surface area contributed by atoms with E-state index in [1.807, 2.05) is 49.3 Å². The zero-order chi connectivity index (χ0) is 25.3. The van der Waals surface area contributed by atoms with E-state index >= 15 is 0 Å². The smallest absolute Gasteiger partial charge is 0.295 e. The van der Waals surface area contributed by atoms with Crippen LogP contribution in [0, 0.1) is 17.0 Å². The van der Waals surface area contributed by atoms with Crippen molar-refractivity contribution in [2.45, 2.75) is 13.0 Å². The molecule has 0 bridgehead atoms. The summed E-state index contributed by atoms with van der Waals surface area (Å²) in [6.45, 7) is 2.41. The molecule has 0 spiro atoms. The van der Waals surface area contributed by atoms with Gasteiger partial charge in [0.25, 0.3) is 17.4 Å². The Balaban J connectivity index is 1.87. The molecule has 2 heterocycles. The quantitative estimate of drug-likeness (QED) is 0.183. The van der Waals surface area contributed by atoms with E-state index in [4.69, 9.17) is 0 Å². The van der Waals surface area contributed by atoms with Crippen molar-refractivity contribution in [2.75, 3.05) is 27.2 Å². The molecule has 0 unspecified atom stereocenters. The minimum absolute atomic E-state index is 0.120. The third kappa shape index (κ3) is 4.43. The number of carbonyl (C=O) groups is 2. The number of nitro groups is 1. The number of Topliss-reactive ketones (excluding diaryl/α,β-unsaturated/α-hetero) is 1. The van der Waals surface area contributed by atoms with Gasteiger partial charge in [0.1, 0.15) is 5.76 Å². The van der Waals surface area contributed by atoms with Gasteiger partial charge < -0.3 is 14.9 Å². The Morgan fingerprint density at radius 3 is 2.51 bits per heavy atom. The summed E-state index contributed by atoms with van der Waals surface area (Å²) in [4.78, 5) is 40.3. The molecule has 3 aromatic rings. The van der Waals surface area contributed by atoms with Crippen LogP contribution in [0.15, 0.2) is 66.4 Å². The summed E-state index contributed by atoms with van der Waals surface area (Å²) in [6, 6.07) is 14.1. The third-order valence-corrected chi connectivity index (χ3v) is 5.99. The monoisotopic (exact) mass is 475 g/mol. The van der Waals surface area contributed by atoms with Crippen LogP contribution < -0.4 is 0 Å². The number of likely N-dealkylation sites (N-methyl/N-ethyl adjacent to an activating group) is 1. The maximum absolute atomic E-state index is 13.2. The fourth-order valence-electron chi connectivity index (χ4n) is 4.19. The van der Waals surface area contributed by atoms with Crippen LogP contribution in [-0.4, -0.2) is 68.5 Å². The number of non-ortho nitro benzene ring substituents is 1. The van der Waals surface area contributed by atoms with Crippen LogP contribution >= 0.6 is 0 Å². The Kier molecular flexibility index (Phi) is 6.48. The van der Waals surface area contributed by atoms with Gasteiger partial charge in [0.2, 0.25) is 0 Å². The van der Waals surface area contributed by atoms with E-state index in [9.17, 15) is 24.8 Å². The highest BCUT2D eigenvalue weighted by atomic mass is 16.6. The Morgan fingerprint density at radius 2 is 1.86 bits per heavy atom. The third-order valence-electron chi connectivity index (χ3n) is 5.99. The summed E-state index contributed by atoms with van der Waals surface area (Å²) in [6.07, 6.45) is 1.44. The topological polar surface area (TPSA) is 122 Å². The molecule has 1 amide bonds. The number of amides is 1. The Labute approximate surface area is 201 Å². The van der Waals surface area contributed by atoms with E-state index in [1.54, 1.807) is 17.7 Å². The molecular weight excluding hydrogens is 450 g/mol. The fourth-order valence-corrected chi connectivity index (χ4v) is 4.19. The van der Waals surface area contributed by atoms with Crippen LogP contribution in [-0.2, 0) is 9.59 Å². The van der Waals surface area contributed by atoms with Gasteiger partial charge in [-0.15, -0.1) is 0 Å². The number of likely N-dealkylation sites (tertiary alicyclic amines) is 1. The van der Waals surface area contributed by atoms with Gasteiger partial charge in [0.15, 0.2) is 0 Å². The van der Waals surface area contributed by atoms with Crippen molar-refractivity contribution in [2.24, 2.45) is 0 Å². The first kappa shape index (κ1) is 23.8. The molecule has 1 saturated heterocycles. The lowest BCUT2D eigenvalue weighted by Gasteiger charge is -2.26. The lowest BCUT2D eigenvalue weighted by atomic mass is 9.95. The van der Waals surface area contributed by atoms with Gasteiger partial charge in [-0.05, 0) is 38.7 Å². The van der Waals surface area contributed by atoms with Crippen LogP contribution in [0.1, 0.15) is 22.9 Å². The van der Waals surface area contributed by atoms with Crippen molar-refractivity contribution in [3.05, 3.63) is 93.3 Å². The van der Waals surface area contributed by atoms with E-state index in [2.05, 4.69) is 5.10 Å². The zero-order valence-electron chi connectivity index (χ0n) is 19.6. The minimum atomic E-state index is -0.977. The first-order valence-corrected chi connectivity index (χ1v) is 11.0. The van der Waals surface area contributed by atoms with E-state index in [0.29, 0.717) is 23.4 Å². The predicted octanol–water partition coefficient (Wildman–Crippen LogP) is 3.07. The molecule has 35 heavy (non-hydrogen) atoms. The largest absolute Gasteiger partial charge is 0.507 e. The highest BCUT2D eigenvalue weighted by Crippen LogP contribution is 2.40. The van der Waals surface area contributed by atoms with Crippen LogP contribution in [0.5, 0.6) is 0 Å². The molecule has 1 aliphatic heterocycles. The van der Waals surface area contributed by atoms with Gasteiger partial charge in [-0.3, -0.25) is 19.7 Å². The van der Waals surface area contributed by atoms with Crippen LogP contribution in [0.2, 0.25) is 0 Å². The van der Waals surface area contributed by atoms with Crippen molar-refractivity contribution in [3.8, 4) is 5.69 Å². The molecule has 0 radical (unpaired) electrons. The zero-order valence-corrected chi connectivity index (χ0v) is 19.6. The number of benzene rings is 2. The van der Waals surface area contributed by atoms with E-state index in [0.717, 1.165) is 5.69 Å². The summed E-state index contributed by atoms with van der Waals surface area (Å²) >= 11 is 0. The normalized spacial score (nSPS) is 17.4. The summed E-state index contributed by atoms with van der Waals surface area (Å²) < 4.78 is 1.62. The maximum atomic E-state index is 13.2. The molecule has 2 aromatic carbocycles. The van der Waals surface area contributed by atoms with E-state index < -0.39 is 22.7 Å². The molecule has 0 aliphatic carbocycles. The highest BCUT2D eigenvalue weighted by molar-refractivity contribution is 6.46.